The molecule has 1 aliphatic rings. The van der Waals surface area contributed by atoms with Crippen LogP contribution < -0.4 is 4.81 Å². The molecule has 0 amide bonds. The first-order valence-electron chi connectivity index (χ1n) is 5.26. The van der Waals surface area contributed by atoms with E-state index in [0.29, 0.717) is 0 Å². The van der Waals surface area contributed by atoms with Crippen LogP contribution in [0.4, 0.5) is 11.4 Å². The molecule has 1 nitrogen and oxygen atoms in total. The molecule has 0 N–H and O–H groups in total. The second-order valence-electron chi connectivity index (χ2n) is 3.99. The number of benzene rings is 2. The van der Waals surface area contributed by atoms with Gasteiger partial charge in [-0.3, -0.25) is 0 Å². The molecule has 2 heteroatoms. The molecular formula is C13H12BN. The Labute approximate surface area is 90.8 Å². The lowest BCUT2D eigenvalue weighted by Crippen LogP contribution is -2.19. The zero-order valence-electron chi connectivity index (χ0n) is 8.77. The summed E-state index contributed by atoms with van der Waals surface area (Å²) in [4.78, 5) is 2.27. The summed E-state index contributed by atoms with van der Waals surface area (Å²) < 4.78 is 0. The molecular weight excluding hydrogens is 181 g/mol. The van der Waals surface area contributed by atoms with Gasteiger partial charge in [0.15, 0.2) is 0 Å². The number of rotatable bonds is 0. The van der Waals surface area contributed by atoms with Gasteiger partial charge in [-0.2, -0.15) is 0 Å². The third kappa shape index (κ3) is 1.25. The Bertz CT molecular complexity index is 462. The quantitative estimate of drug-likeness (QED) is 0.580. The number of para-hydroxylation sites is 2. The molecule has 0 saturated carbocycles. The predicted octanol–water partition coefficient (Wildman–Crippen LogP) is 2.28. The van der Waals surface area contributed by atoms with E-state index in [4.69, 9.17) is 0 Å². The fraction of sp³-hybridized carbons (Fsp3) is 0.0769. The summed E-state index contributed by atoms with van der Waals surface area (Å²) in [6.45, 7) is 0. The molecule has 15 heavy (non-hydrogen) atoms. The van der Waals surface area contributed by atoms with Gasteiger partial charge in [0.05, 0.1) is 0 Å². The van der Waals surface area contributed by atoms with Crippen LogP contribution in [0, 0.1) is 0 Å². The molecule has 0 saturated heterocycles. The van der Waals surface area contributed by atoms with Crippen molar-refractivity contribution in [3.63, 3.8) is 0 Å². The summed E-state index contributed by atoms with van der Waals surface area (Å²) in [5.41, 5.74) is 5.49. The lowest BCUT2D eigenvalue weighted by Gasteiger charge is -2.30. The Kier molecular flexibility index (Phi) is 1.81. The van der Waals surface area contributed by atoms with Crippen molar-refractivity contribution in [1.82, 2.24) is 0 Å². The average molecular weight is 193 g/mol. The number of hydrogen-bond acceptors (Lipinski definition) is 1. The Hall–Kier alpha value is -1.70. The molecule has 2 aromatic rings. The van der Waals surface area contributed by atoms with Crippen molar-refractivity contribution < 1.29 is 0 Å². The molecule has 1 aliphatic heterocycles. The molecule has 0 aromatic heterocycles. The van der Waals surface area contributed by atoms with Crippen molar-refractivity contribution in [3.05, 3.63) is 59.7 Å². The van der Waals surface area contributed by atoms with Crippen LogP contribution >= 0.6 is 0 Å². The molecule has 0 aliphatic carbocycles. The molecule has 0 spiro atoms. The first kappa shape index (κ1) is 8.60. The molecule has 0 unspecified atom stereocenters. The van der Waals surface area contributed by atoms with E-state index < -0.39 is 0 Å². The molecule has 0 radical (unpaired) electrons. The fourth-order valence-corrected chi connectivity index (χ4v) is 2.31. The summed E-state index contributed by atoms with van der Waals surface area (Å²) in [5.74, 6) is 0. The highest BCUT2D eigenvalue weighted by molar-refractivity contribution is 6.23. The Morgan fingerprint density at radius 2 is 1.27 bits per heavy atom. The SMILES string of the molecule is BN1c2ccccc2Cc2ccccc21. The van der Waals surface area contributed by atoms with Crippen molar-refractivity contribution in [3.8, 4) is 0 Å². The molecule has 1 heterocycles. The van der Waals surface area contributed by atoms with Gasteiger partial charge in [-0.05, 0) is 23.3 Å². The van der Waals surface area contributed by atoms with Gasteiger partial charge < -0.3 is 4.81 Å². The maximum Gasteiger partial charge on any atom is 0.223 e. The van der Waals surface area contributed by atoms with Crippen LogP contribution in [-0.4, -0.2) is 7.98 Å². The van der Waals surface area contributed by atoms with Gasteiger partial charge in [0.2, 0.25) is 7.98 Å². The van der Waals surface area contributed by atoms with Crippen LogP contribution in [0.5, 0.6) is 0 Å². The predicted molar refractivity (Wildman–Crippen MR) is 66.4 cm³/mol. The minimum atomic E-state index is 1.05. The minimum Gasteiger partial charge on any atom is -0.393 e. The number of nitrogens with zero attached hydrogens (tertiary/aromatic N) is 1. The summed E-state index contributed by atoms with van der Waals surface area (Å²) >= 11 is 0. The second kappa shape index (κ2) is 3.16. The highest BCUT2D eigenvalue weighted by atomic mass is 15.1. The van der Waals surface area contributed by atoms with Crippen LogP contribution in [0.1, 0.15) is 11.1 Å². The summed E-state index contributed by atoms with van der Waals surface area (Å²) in [6, 6.07) is 17.2. The largest absolute Gasteiger partial charge is 0.393 e. The van der Waals surface area contributed by atoms with Gasteiger partial charge in [-0.15, -0.1) is 0 Å². The summed E-state index contributed by atoms with van der Waals surface area (Å²) in [5, 5.41) is 0. The number of anilines is 2. The van der Waals surface area contributed by atoms with Crippen LogP contribution in [0.15, 0.2) is 48.5 Å². The summed E-state index contributed by atoms with van der Waals surface area (Å²) in [6.07, 6.45) is 1.05. The highest BCUT2D eigenvalue weighted by Crippen LogP contribution is 2.36. The van der Waals surface area contributed by atoms with Crippen LogP contribution in [0.25, 0.3) is 0 Å². The third-order valence-electron chi connectivity index (χ3n) is 3.09. The minimum absolute atomic E-state index is 1.05. The van der Waals surface area contributed by atoms with E-state index in [2.05, 4.69) is 61.3 Å². The normalized spacial score (nSPS) is 13.2. The summed E-state index contributed by atoms with van der Waals surface area (Å²) in [7, 11) is 2.14. The highest BCUT2D eigenvalue weighted by Gasteiger charge is 2.17. The zero-order valence-corrected chi connectivity index (χ0v) is 8.77. The van der Waals surface area contributed by atoms with E-state index in [1.54, 1.807) is 0 Å². The van der Waals surface area contributed by atoms with Gasteiger partial charge in [0.1, 0.15) is 0 Å². The average Bonchev–Trinajstić information content (AvgIpc) is 2.30. The van der Waals surface area contributed by atoms with E-state index in [1.807, 2.05) is 0 Å². The monoisotopic (exact) mass is 193 g/mol. The van der Waals surface area contributed by atoms with Gasteiger partial charge >= 0.3 is 0 Å². The molecule has 0 bridgehead atoms. The lowest BCUT2D eigenvalue weighted by atomic mass is 9.93. The molecule has 72 valence electrons. The lowest BCUT2D eigenvalue weighted by molar-refractivity contribution is 1.12. The molecule has 2 aromatic carbocycles. The topological polar surface area (TPSA) is 3.24 Å². The standard InChI is InChI=1S/C13H12BN/c14-15-12-7-3-1-5-10(12)9-11-6-2-4-8-13(11)15/h1-8H,9,14H2. The van der Waals surface area contributed by atoms with Crippen LogP contribution in [0.3, 0.4) is 0 Å². The first-order valence-corrected chi connectivity index (χ1v) is 5.26. The number of fused-ring (bicyclic) bond motifs is 2. The van der Waals surface area contributed by atoms with E-state index in [0.717, 1.165) is 6.42 Å². The fourth-order valence-electron chi connectivity index (χ4n) is 2.31. The Morgan fingerprint density at radius 3 is 1.80 bits per heavy atom. The maximum absolute atomic E-state index is 2.27. The van der Waals surface area contributed by atoms with Gasteiger partial charge in [-0.25, -0.2) is 0 Å². The second-order valence-corrected chi connectivity index (χ2v) is 3.99. The zero-order chi connectivity index (χ0) is 10.3. The van der Waals surface area contributed by atoms with Gasteiger partial charge in [0.25, 0.3) is 0 Å². The Morgan fingerprint density at radius 1 is 0.800 bits per heavy atom. The van der Waals surface area contributed by atoms with Gasteiger partial charge in [0, 0.05) is 17.8 Å². The molecule has 0 atom stereocenters. The van der Waals surface area contributed by atoms with Crippen molar-refractivity contribution in [2.75, 3.05) is 4.81 Å². The Balaban J connectivity index is 2.20. The van der Waals surface area contributed by atoms with E-state index >= 15 is 0 Å². The maximum atomic E-state index is 2.27. The van der Waals surface area contributed by atoms with Gasteiger partial charge in [-0.1, -0.05) is 36.4 Å². The third-order valence-corrected chi connectivity index (χ3v) is 3.09. The molecule has 3 rings (SSSR count). The van der Waals surface area contributed by atoms with Crippen molar-refractivity contribution >= 4 is 19.4 Å². The van der Waals surface area contributed by atoms with Crippen molar-refractivity contribution in [1.29, 1.82) is 0 Å². The van der Waals surface area contributed by atoms with Crippen LogP contribution in [0.2, 0.25) is 0 Å². The van der Waals surface area contributed by atoms with E-state index in [9.17, 15) is 0 Å². The van der Waals surface area contributed by atoms with Crippen molar-refractivity contribution in [2.24, 2.45) is 0 Å². The van der Waals surface area contributed by atoms with Crippen molar-refractivity contribution in [2.45, 2.75) is 6.42 Å². The van der Waals surface area contributed by atoms with E-state index in [-0.39, 0.29) is 0 Å². The smallest absolute Gasteiger partial charge is 0.223 e. The molecule has 0 fully saturated rings. The van der Waals surface area contributed by atoms with E-state index in [1.165, 1.54) is 22.5 Å². The first-order chi connectivity index (χ1) is 7.36. The van der Waals surface area contributed by atoms with Crippen LogP contribution in [-0.2, 0) is 6.42 Å². The number of hydrogen-bond donors (Lipinski definition) is 0.